The van der Waals surface area contributed by atoms with Crippen LogP contribution in [0, 0.1) is 11.3 Å². The summed E-state index contributed by atoms with van der Waals surface area (Å²) < 4.78 is 1.59. The molecule has 1 fully saturated rings. The Bertz CT molecular complexity index is 1010. The number of aryl methyl sites for hydroxylation is 2. The molecule has 0 radical (unpaired) electrons. The van der Waals surface area contributed by atoms with E-state index in [1.807, 2.05) is 0 Å². The Balaban J connectivity index is 1.49. The van der Waals surface area contributed by atoms with Gasteiger partial charge in [0.05, 0.1) is 11.7 Å². The van der Waals surface area contributed by atoms with Crippen molar-refractivity contribution in [3.63, 3.8) is 0 Å². The fraction of sp³-hybridized carbons (Fsp3) is 0.636. The third-order valence-electron chi connectivity index (χ3n) is 6.64. The maximum absolute atomic E-state index is 13.2. The molecule has 2 aliphatic rings. The molecule has 0 aromatic carbocycles. The second kappa shape index (κ2) is 8.13. The lowest BCUT2D eigenvalue weighted by Gasteiger charge is -2.33. The molecule has 1 aliphatic heterocycles. The monoisotopic (exact) mass is 430 g/mol. The SMILES string of the molecule is CC(C)(C)C1CCc2c(sc3ncn(CCC(=O)N4CCN(C=O)CC4)c(=O)c23)C1. The Morgan fingerprint density at radius 3 is 2.67 bits per heavy atom. The van der Waals surface area contributed by atoms with Gasteiger partial charge in [0.25, 0.3) is 5.56 Å². The zero-order chi connectivity index (χ0) is 21.5. The minimum atomic E-state index is -0.0229. The average Bonchev–Trinajstić information content (AvgIpc) is 3.11. The molecule has 7 nitrogen and oxygen atoms in total. The van der Waals surface area contributed by atoms with Gasteiger partial charge in [0.15, 0.2) is 0 Å². The molecule has 8 heteroatoms. The van der Waals surface area contributed by atoms with E-state index in [1.54, 1.807) is 32.0 Å². The quantitative estimate of drug-likeness (QED) is 0.698. The van der Waals surface area contributed by atoms with Crippen LogP contribution >= 0.6 is 11.3 Å². The number of nitrogens with zero attached hydrogens (tertiary/aromatic N) is 4. The number of piperazine rings is 1. The van der Waals surface area contributed by atoms with E-state index < -0.39 is 0 Å². The minimum absolute atomic E-state index is 0.0212. The van der Waals surface area contributed by atoms with Gasteiger partial charge in [0.2, 0.25) is 12.3 Å². The standard InChI is InChI=1S/C22H30N4O3S/c1-22(2,3)15-4-5-16-17(12-15)30-20-19(16)21(29)26(13-23-20)7-6-18(28)25-10-8-24(14-27)9-11-25/h13-15H,4-12H2,1-3H3. The molecule has 3 heterocycles. The minimum Gasteiger partial charge on any atom is -0.342 e. The maximum atomic E-state index is 13.2. The van der Waals surface area contributed by atoms with Crippen LogP contribution in [0.1, 0.15) is 44.1 Å². The molecule has 1 saturated heterocycles. The van der Waals surface area contributed by atoms with Gasteiger partial charge in [-0.2, -0.15) is 0 Å². The predicted octanol–water partition coefficient (Wildman–Crippen LogP) is 2.30. The highest BCUT2D eigenvalue weighted by molar-refractivity contribution is 7.18. The highest BCUT2D eigenvalue weighted by atomic mass is 32.1. The summed E-state index contributed by atoms with van der Waals surface area (Å²) in [5, 5.41) is 0.761. The number of fused-ring (bicyclic) bond motifs is 3. The normalized spacial score (nSPS) is 19.8. The molecule has 162 valence electrons. The first-order valence-corrected chi connectivity index (χ1v) is 11.6. The highest BCUT2D eigenvalue weighted by Gasteiger charge is 2.31. The Kier molecular flexibility index (Phi) is 5.70. The summed E-state index contributed by atoms with van der Waals surface area (Å²) in [5.74, 6) is 0.644. The summed E-state index contributed by atoms with van der Waals surface area (Å²) in [5.41, 5.74) is 1.42. The first kappa shape index (κ1) is 21.0. The molecule has 0 saturated carbocycles. The van der Waals surface area contributed by atoms with Crippen molar-refractivity contribution >= 4 is 33.9 Å². The van der Waals surface area contributed by atoms with Gasteiger partial charge < -0.3 is 9.80 Å². The zero-order valence-electron chi connectivity index (χ0n) is 18.0. The lowest BCUT2D eigenvalue weighted by Crippen LogP contribution is -2.48. The molecular formula is C22H30N4O3S. The Morgan fingerprint density at radius 1 is 1.27 bits per heavy atom. The molecule has 0 N–H and O–H groups in total. The molecule has 2 aromatic heterocycles. The summed E-state index contributed by atoms with van der Waals surface area (Å²) in [6, 6.07) is 0. The summed E-state index contributed by atoms with van der Waals surface area (Å²) in [4.78, 5) is 46.7. The average molecular weight is 431 g/mol. The molecule has 30 heavy (non-hydrogen) atoms. The Morgan fingerprint density at radius 2 is 2.00 bits per heavy atom. The van der Waals surface area contributed by atoms with E-state index >= 15 is 0 Å². The van der Waals surface area contributed by atoms with Crippen LogP contribution in [-0.4, -0.2) is 57.8 Å². The van der Waals surface area contributed by atoms with Crippen molar-refractivity contribution in [2.45, 2.75) is 53.0 Å². The summed E-state index contributed by atoms with van der Waals surface area (Å²) in [6.45, 7) is 9.45. The molecule has 4 rings (SSSR count). The van der Waals surface area contributed by atoms with Crippen LogP contribution in [0.2, 0.25) is 0 Å². The van der Waals surface area contributed by atoms with E-state index in [0.717, 1.165) is 35.9 Å². The molecule has 1 unspecified atom stereocenters. The van der Waals surface area contributed by atoms with Crippen LogP contribution in [-0.2, 0) is 29.0 Å². The van der Waals surface area contributed by atoms with Gasteiger partial charge in [-0.25, -0.2) is 4.98 Å². The van der Waals surface area contributed by atoms with E-state index in [4.69, 9.17) is 0 Å². The smallest absolute Gasteiger partial charge is 0.262 e. The van der Waals surface area contributed by atoms with Gasteiger partial charge in [-0.15, -0.1) is 11.3 Å². The number of carbonyl (C=O) groups is 2. The second-order valence-corrected chi connectivity index (χ2v) is 10.6. The number of aromatic nitrogens is 2. The van der Waals surface area contributed by atoms with Crippen LogP contribution in [0.3, 0.4) is 0 Å². The van der Waals surface area contributed by atoms with E-state index in [9.17, 15) is 14.4 Å². The Hall–Kier alpha value is -2.22. The van der Waals surface area contributed by atoms with Crippen molar-refractivity contribution in [3.05, 3.63) is 27.1 Å². The predicted molar refractivity (Wildman–Crippen MR) is 118 cm³/mol. The van der Waals surface area contributed by atoms with Crippen molar-refractivity contribution in [1.29, 1.82) is 0 Å². The molecule has 2 aromatic rings. The second-order valence-electron chi connectivity index (χ2n) is 9.50. The largest absolute Gasteiger partial charge is 0.342 e. The fourth-order valence-corrected chi connectivity index (χ4v) is 5.81. The maximum Gasteiger partial charge on any atom is 0.262 e. The molecule has 2 amide bonds. The van der Waals surface area contributed by atoms with E-state index in [1.165, 1.54) is 10.4 Å². The van der Waals surface area contributed by atoms with Crippen molar-refractivity contribution in [2.24, 2.45) is 11.3 Å². The van der Waals surface area contributed by atoms with Gasteiger partial charge in [0, 0.05) is 44.0 Å². The van der Waals surface area contributed by atoms with E-state index in [-0.39, 0.29) is 23.3 Å². The van der Waals surface area contributed by atoms with Gasteiger partial charge in [-0.1, -0.05) is 20.8 Å². The lowest BCUT2D eigenvalue weighted by atomic mass is 9.72. The van der Waals surface area contributed by atoms with E-state index in [0.29, 0.717) is 38.6 Å². The van der Waals surface area contributed by atoms with Crippen LogP contribution in [0.4, 0.5) is 0 Å². The van der Waals surface area contributed by atoms with Crippen LogP contribution < -0.4 is 5.56 Å². The van der Waals surface area contributed by atoms with Crippen LogP contribution in [0.5, 0.6) is 0 Å². The van der Waals surface area contributed by atoms with Gasteiger partial charge in [-0.3, -0.25) is 19.0 Å². The fourth-order valence-electron chi connectivity index (χ4n) is 4.55. The summed E-state index contributed by atoms with van der Waals surface area (Å²) in [7, 11) is 0. The lowest BCUT2D eigenvalue weighted by molar-refractivity contribution is -0.135. The van der Waals surface area contributed by atoms with Crippen molar-refractivity contribution < 1.29 is 9.59 Å². The number of rotatable bonds is 4. The van der Waals surface area contributed by atoms with Crippen molar-refractivity contribution in [1.82, 2.24) is 19.4 Å². The number of carbonyl (C=O) groups excluding carboxylic acids is 2. The van der Waals surface area contributed by atoms with Gasteiger partial charge in [-0.05, 0) is 36.2 Å². The number of thiophene rings is 1. The topological polar surface area (TPSA) is 75.5 Å². The number of hydrogen-bond donors (Lipinski definition) is 0. The molecule has 0 bridgehead atoms. The summed E-state index contributed by atoms with van der Waals surface area (Å²) >= 11 is 1.66. The van der Waals surface area contributed by atoms with Crippen LogP contribution in [0.25, 0.3) is 10.2 Å². The van der Waals surface area contributed by atoms with Gasteiger partial charge in [0.1, 0.15) is 4.83 Å². The first-order chi connectivity index (χ1) is 14.3. The van der Waals surface area contributed by atoms with Crippen molar-refractivity contribution in [3.8, 4) is 0 Å². The molecule has 1 atom stereocenters. The summed E-state index contributed by atoms with van der Waals surface area (Å²) in [6.07, 6.45) is 5.73. The third-order valence-corrected chi connectivity index (χ3v) is 7.81. The first-order valence-electron chi connectivity index (χ1n) is 10.7. The molecular weight excluding hydrogens is 400 g/mol. The third kappa shape index (κ3) is 4.02. The zero-order valence-corrected chi connectivity index (χ0v) is 18.8. The van der Waals surface area contributed by atoms with Gasteiger partial charge >= 0.3 is 0 Å². The van der Waals surface area contributed by atoms with Crippen molar-refractivity contribution in [2.75, 3.05) is 26.2 Å². The molecule has 0 spiro atoms. The number of amides is 2. The number of hydrogen-bond acceptors (Lipinski definition) is 5. The highest BCUT2D eigenvalue weighted by Crippen LogP contribution is 2.41. The van der Waals surface area contributed by atoms with E-state index in [2.05, 4.69) is 25.8 Å². The van der Waals surface area contributed by atoms with Crippen LogP contribution in [0.15, 0.2) is 11.1 Å². The Labute approximate surface area is 180 Å². The molecule has 1 aliphatic carbocycles.